The molecule has 1 aliphatic rings. The van der Waals surface area contributed by atoms with Crippen molar-refractivity contribution in [2.24, 2.45) is 5.92 Å². The normalized spacial score (nSPS) is 16.6. The lowest BCUT2D eigenvalue weighted by molar-refractivity contribution is -0.384. The number of likely N-dealkylation sites (tertiary alicyclic amines) is 1. The zero-order valence-corrected chi connectivity index (χ0v) is 11.2. The number of nitrogens with zero attached hydrogens (tertiary/aromatic N) is 4. The molecule has 0 aromatic carbocycles. The molecule has 2 heterocycles. The molecule has 1 N–H and O–H groups in total. The minimum absolute atomic E-state index is 0.00872. The number of aromatic nitrogens is 1. The number of piperidine rings is 1. The fraction of sp³-hybridized carbons (Fsp3) is 0.538. The van der Waals surface area contributed by atoms with E-state index < -0.39 is 4.92 Å². The van der Waals surface area contributed by atoms with E-state index in [1.165, 1.54) is 6.07 Å². The van der Waals surface area contributed by atoms with Crippen molar-refractivity contribution in [1.82, 2.24) is 9.88 Å². The second-order valence-corrected chi connectivity index (χ2v) is 4.89. The van der Waals surface area contributed by atoms with Crippen LogP contribution in [0.1, 0.15) is 12.8 Å². The maximum atomic E-state index is 10.9. The Balaban J connectivity index is 1.85. The van der Waals surface area contributed by atoms with Gasteiger partial charge in [0.25, 0.3) is 0 Å². The van der Waals surface area contributed by atoms with Crippen LogP contribution in [0.5, 0.6) is 0 Å². The first kappa shape index (κ1) is 14.2. The van der Waals surface area contributed by atoms with Crippen LogP contribution in [0.25, 0.3) is 0 Å². The van der Waals surface area contributed by atoms with E-state index in [4.69, 9.17) is 5.26 Å². The summed E-state index contributed by atoms with van der Waals surface area (Å²) in [6.07, 6.45) is 3.54. The SMILES string of the molecule is N#CCN1CCC(CNc2ncccc2[N+](=O)[O-])CC1. The monoisotopic (exact) mass is 275 g/mol. The molecule has 7 heteroatoms. The summed E-state index contributed by atoms with van der Waals surface area (Å²) in [5, 5.41) is 22.6. The van der Waals surface area contributed by atoms with Gasteiger partial charge in [0, 0.05) is 18.8 Å². The van der Waals surface area contributed by atoms with Gasteiger partial charge in [0.05, 0.1) is 17.5 Å². The Hall–Kier alpha value is -2.20. The van der Waals surface area contributed by atoms with Gasteiger partial charge in [-0.3, -0.25) is 15.0 Å². The molecule has 1 aromatic heterocycles. The summed E-state index contributed by atoms with van der Waals surface area (Å²) in [5.41, 5.74) is 0.00872. The Labute approximate surface area is 117 Å². The van der Waals surface area contributed by atoms with Crippen LogP contribution in [-0.4, -0.2) is 41.0 Å². The van der Waals surface area contributed by atoms with E-state index in [2.05, 4.69) is 21.3 Å². The Morgan fingerprint density at radius 3 is 2.95 bits per heavy atom. The van der Waals surface area contributed by atoms with E-state index in [9.17, 15) is 10.1 Å². The van der Waals surface area contributed by atoms with Gasteiger partial charge in [-0.05, 0) is 37.9 Å². The number of hydrogen-bond donors (Lipinski definition) is 1. The van der Waals surface area contributed by atoms with Crippen molar-refractivity contribution in [3.8, 4) is 6.07 Å². The average Bonchev–Trinajstić information content (AvgIpc) is 2.47. The van der Waals surface area contributed by atoms with Gasteiger partial charge in [-0.15, -0.1) is 0 Å². The lowest BCUT2D eigenvalue weighted by atomic mass is 9.97. The summed E-state index contributed by atoms with van der Waals surface area (Å²) in [4.78, 5) is 16.6. The van der Waals surface area contributed by atoms with Crippen LogP contribution in [0.4, 0.5) is 11.5 Å². The summed E-state index contributed by atoms with van der Waals surface area (Å²) in [5.74, 6) is 0.795. The Morgan fingerprint density at radius 2 is 2.30 bits per heavy atom. The summed E-state index contributed by atoms with van der Waals surface area (Å²) in [6, 6.07) is 5.16. The summed E-state index contributed by atoms with van der Waals surface area (Å²) < 4.78 is 0. The lowest BCUT2D eigenvalue weighted by Crippen LogP contribution is -2.36. The number of anilines is 1. The van der Waals surface area contributed by atoms with Crippen molar-refractivity contribution >= 4 is 11.5 Å². The zero-order valence-electron chi connectivity index (χ0n) is 11.2. The molecule has 0 saturated carbocycles. The standard InChI is InChI=1S/C13H17N5O2/c14-5-9-17-7-3-11(4-8-17)10-16-13-12(18(19)20)2-1-6-15-13/h1-2,6,11H,3-4,7-10H2,(H,15,16). The molecule has 20 heavy (non-hydrogen) atoms. The van der Waals surface area contributed by atoms with Crippen LogP contribution in [-0.2, 0) is 0 Å². The van der Waals surface area contributed by atoms with Crippen molar-refractivity contribution < 1.29 is 4.92 Å². The fourth-order valence-corrected chi connectivity index (χ4v) is 2.37. The van der Waals surface area contributed by atoms with Gasteiger partial charge in [0.1, 0.15) is 0 Å². The van der Waals surface area contributed by atoms with E-state index in [1.54, 1.807) is 12.3 Å². The van der Waals surface area contributed by atoms with Gasteiger partial charge in [0.2, 0.25) is 5.82 Å². The molecule has 1 saturated heterocycles. The van der Waals surface area contributed by atoms with Gasteiger partial charge >= 0.3 is 5.69 Å². The number of nitrogens with one attached hydrogen (secondary N) is 1. The minimum atomic E-state index is -0.426. The highest BCUT2D eigenvalue weighted by Crippen LogP contribution is 2.22. The van der Waals surface area contributed by atoms with Gasteiger partial charge < -0.3 is 5.32 Å². The molecular formula is C13H17N5O2. The van der Waals surface area contributed by atoms with Crippen molar-refractivity contribution in [2.75, 3.05) is 31.5 Å². The quantitative estimate of drug-likeness (QED) is 0.498. The number of rotatable bonds is 5. The third-order valence-corrected chi connectivity index (χ3v) is 3.54. The lowest BCUT2D eigenvalue weighted by Gasteiger charge is -2.30. The predicted octanol–water partition coefficient (Wildman–Crippen LogP) is 1.64. The summed E-state index contributed by atoms with van der Waals surface area (Å²) in [7, 11) is 0. The molecule has 0 atom stereocenters. The topological polar surface area (TPSA) is 95.1 Å². The van der Waals surface area contributed by atoms with E-state index in [0.29, 0.717) is 24.8 Å². The fourth-order valence-electron chi connectivity index (χ4n) is 2.37. The highest BCUT2D eigenvalue weighted by Gasteiger charge is 2.20. The Bertz CT molecular complexity index is 506. The van der Waals surface area contributed by atoms with Crippen LogP contribution in [0, 0.1) is 27.4 Å². The van der Waals surface area contributed by atoms with Crippen LogP contribution >= 0.6 is 0 Å². The number of pyridine rings is 1. The van der Waals surface area contributed by atoms with Crippen molar-refractivity contribution in [3.63, 3.8) is 0 Å². The molecule has 7 nitrogen and oxygen atoms in total. The van der Waals surface area contributed by atoms with Gasteiger partial charge in [-0.2, -0.15) is 5.26 Å². The average molecular weight is 275 g/mol. The largest absolute Gasteiger partial charge is 0.364 e. The predicted molar refractivity (Wildman–Crippen MR) is 74.2 cm³/mol. The van der Waals surface area contributed by atoms with Gasteiger partial charge in [0.15, 0.2) is 0 Å². The zero-order chi connectivity index (χ0) is 14.4. The van der Waals surface area contributed by atoms with Gasteiger partial charge in [-0.25, -0.2) is 4.98 Å². The molecule has 0 amide bonds. The summed E-state index contributed by atoms with van der Waals surface area (Å²) >= 11 is 0. The van der Waals surface area contributed by atoms with Crippen molar-refractivity contribution in [2.45, 2.75) is 12.8 Å². The Kier molecular flexibility index (Phi) is 4.85. The van der Waals surface area contributed by atoms with Crippen molar-refractivity contribution in [3.05, 3.63) is 28.4 Å². The Morgan fingerprint density at radius 1 is 1.55 bits per heavy atom. The number of hydrogen-bond acceptors (Lipinski definition) is 6. The first-order chi connectivity index (χ1) is 9.70. The third kappa shape index (κ3) is 3.65. The van der Waals surface area contributed by atoms with Crippen LogP contribution < -0.4 is 5.32 Å². The molecule has 0 bridgehead atoms. The van der Waals surface area contributed by atoms with Crippen LogP contribution in [0.15, 0.2) is 18.3 Å². The molecule has 0 radical (unpaired) electrons. The molecule has 1 aromatic rings. The third-order valence-electron chi connectivity index (χ3n) is 3.54. The van der Waals surface area contributed by atoms with Crippen LogP contribution in [0.2, 0.25) is 0 Å². The maximum absolute atomic E-state index is 10.9. The molecule has 0 spiro atoms. The van der Waals surface area contributed by atoms with E-state index in [-0.39, 0.29) is 5.69 Å². The first-order valence-corrected chi connectivity index (χ1v) is 6.63. The maximum Gasteiger partial charge on any atom is 0.311 e. The molecule has 1 fully saturated rings. The van der Waals surface area contributed by atoms with Gasteiger partial charge in [-0.1, -0.05) is 0 Å². The second-order valence-electron chi connectivity index (χ2n) is 4.89. The van der Waals surface area contributed by atoms with E-state index in [0.717, 1.165) is 25.9 Å². The highest BCUT2D eigenvalue weighted by molar-refractivity contribution is 5.55. The molecular weight excluding hydrogens is 258 g/mol. The number of nitro groups is 1. The minimum Gasteiger partial charge on any atom is -0.364 e. The van der Waals surface area contributed by atoms with E-state index in [1.807, 2.05) is 0 Å². The second kappa shape index (κ2) is 6.82. The molecule has 0 unspecified atom stereocenters. The van der Waals surface area contributed by atoms with E-state index >= 15 is 0 Å². The molecule has 1 aliphatic heterocycles. The summed E-state index contributed by atoms with van der Waals surface area (Å²) in [6.45, 7) is 2.97. The molecule has 106 valence electrons. The highest BCUT2D eigenvalue weighted by atomic mass is 16.6. The first-order valence-electron chi connectivity index (χ1n) is 6.63. The smallest absolute Gasteiger partial charge is 0.311 e. The number of nitriles is 1. The molecule has 2 rings (SSSR count). The molecule has 0 aliphatic carbocycles. The van der Waals surface area contributed by atoms with Crippen molar-refractivity contribution in [1.29, 1.82) is 5.26 Å². The van der Waals surface area contributed by atoms with Crippen LogP contribution in [0.3, 0.4) is 0 Å².